The van der Waals surface area contributed by atoms with Crippen molar-refractivity contribution >= 4 is 40.3 Å². The Morgan fingerprint density at radius 2 is 2.12 bits per heavy atom. The summed E-state index contributed by atoms with van der Waals surface area (Å²) in [5.74, 6) is 0.0870. The summed E-state index contributed by atoms with van der Waals surface area (Å²) in [4.78, 5) is 19.1. The number of nitrogens with zero attached hydrogens (tertiary/aromatic N) is 6. The lowest BCUT2D eigenvalue weighted by Gasteiger charge is -2.16. The molecule has 1 aromatic carbocycles. The Labute approximate surface area is 196 Å². The number of amides is 1. The number of methoxy groups -OCH3 is 1. The van der Waals surface area contributed by atoms with Gasteiger partial charge in [-0.05, 0) is 12.1 Å². The molecular formula is C20H21N9O3S. The minimum absolute atomic E-state index is 0.135. The second kappa shape index (κ2) is 9.58. The van der Waals surface area contributed by atoms with Crippen LogP contribution >= 0.6 is 11.3 Å². The quantitative estimate of drug-likeness (QED) is 0.301. The molecule has 0 atom stereocenters. The van der Waals surface area contributed by atoms with E-state index < -0.39 is 12.9 Å². The van der Waals surface area contributed by atoms with Gasteiger partial charge in [0.1, 0.15) is 5.01 Å². The summed E-state index contributed by atoms with van der Waals surface area (Å²) in [7, 11) is 3.13. The number of aryl methyl sites for hydroxylation is 1. The first-order chi connectivity index (χ1) is 17.2. The standard InChI is InChI=1S/C20H21N9O3S/c1-21-19(31)17-14(7-15(26-27-17)25-16-9-23-29(2)28-16)24-13-6-4-5-12(18(13)32-3)20-22-8-11(10-30)33-20/h4-9,30H,10H2,1-3H3,(H,21,31)(H2,24,25,26,28)/i1D3. The summed E-state index contributed by atoms with van der Waals surface area (Å²) in [6, 6.07) is 6.76. The van der Waals surface area contributed by atoms with Crippen molar-refractivity contribution in [3.8, 4) is 16.3 Å². The first kappa shape index (κ1) is 18.5. The Balaban J connectivity index is 1.74. The molecule has 3 heterocycles. The van der Waals surface area contributed by atoms with E-state index in [1.54, 1.807) is 31.4 Å². The Hall–Kier alpha value is -4.10. The molecule has 13 heteroatoms. The van der Waals surface area contributed by atoms with Crippen LogP contribution in [0.2, 0.25) is 0 Å². The molecule has 4 rings (SSSR count). The van der Waals surface area contributed by atoms with Gasteiger partial charge < -0.3 is 25.8 Å². The van der Waals surface area contributed by atoms with Crippen molar-refractivity contribution in [3.05, 3.63) is 47.2 Å². The molecule has 0 unspecified atom stereocenters. The second-order valence-corrected chi connectivity index (χ2v) is 7.71. The number of hydrogen-bond donors (Lipinski definition) is 4. The summed E-state index contributed by atoms with van der Waals surface area (Å²) in [6.45, 7) is -2.86. The van der Waals surface area contributed by atoms with Crippen LogP contribution in [0.25, 0.3) is 10.6 Å². The number of hydrogen-bond acceptors (Lipinski definition) is 11. The van der Waals surface area contributed by atoms with Crippen LogP contribution in [-0.4, -0.2) is 55.3 Å². The molecule has 0 bridgehead atoms. The van der Waals surface area contributed by atoms with E-state index in [1.165, 1.54) is 35.5 Å². The summed E-state index contributed by atoms with van der Waals surface area (Å²) in [5.41, 5.74) is 1.02. The highest BCUT2D eigenvalue weighted by Crippen LogP contribution is 2.39. The average Bonchev–Trinajstić information content (AvgIpc) is 3.46. The molecular weight excluding hydrogens is 446 g/mol. The van der Waals surface area contributed by atoms with Gasteiger partial charge in [-0.3, -0.25) is 4.79 Å². The van der Waals surface area contributed by atoms with Crippen LogP contribution < -0.4 is 20.7 Å². The Bertz CT molecular complexity index is 1390. The monoisotopic (exact) mass is 470 g/mol. The maximum Gasteiger partial charge on any atom is 0.273 e. The molecule has 4 N–H and O–H groups in total. The largest absolute Gasteiger partial charge is 0.494 e. The van der Waals surface area contributed by atoms with Gasteiger partial charge in [-0.25, -0.2) is 4.98 Å². The molecule has 0 radical (unpaired) electrons. The number of aromatic nitrogens is 6. The highest BCUT2D eigenvalue weighted by molar-refractivity contribution is 7.15. The zero-order valence-electron chi connectivity index (χ0n) is 20.5. The number of carbonyl (C=O) groups excluding carboxylic acids is 1. The number of rotatable bonds is 8. The fourth-order valence-corrected chi connectivity index (χ4v) is 3.78. The third-order valence-corrected chi connectivity index (χ3v) is 5.42. The Morgan fingerprint density at radius 3 is 2.82 bits per heavy atom. The van der Waals surface area contributed by atoms with Crippen molar-refractivity contribution in [1.82, 2.24) is 35.5 Å². The van der Waals surface area contributed by atoms with E-state index in [-0.39, 0.29) is 23.8 Å². The molecule has 0 aliphatic rings. The molecule has 0 saturated carbocycles. The molecule has 0 aliphatic heterocycles. The SMILES string of the molecule is [2H]C([2H])([2H])NC(=O)c1nnc(Nc2cnn(C)n2)cc1Nc1cccc(-c2ncc(CO)s2)c1OC. The third kappa shape index (κ3) is 4.73. The second-order valence-electron chi connectivity index (χ2n) is 6.59. The topological polar surface area (TPSA) is 152 Å². The molecule has 0 fully saturated rings. The third-order valence-electron chi connectivity index (χ3n) is 4.41. The Morgan fingerprint density at radius 1 is 1.24 bits per heavy atom. The van der Waals surface area contributed by atoms with Gasteiger partial charge in [0, 0.05) is 30.4 Å². The van der Waals surface area contributed by atoms with Crippen LogP contribution in [0.4, 0.5) is 23.0 Å². The maximum atomic E-state index is 12.7. The van der Waals surface area contributed by atoms with E-state index in [0.717, 1.165) is 0 Å². The van der Waals surface area contributed by atoms with Gasteiger partial charge in [0.05, 0.1) is 41.7 Å². The van der Waals surface area contributed by atoms with Gasteiger partial charge in [-0.2, -0.15) is 9.90 Å². The van der Waals surface area contributed by atoms with Gasteiger partial charge in [0.15, 0.2) is 23.1 Å². The fourth-order valence-electron chi connectivity index (χ4n) is 2.98. The van der Waals surface area contributed by atoms with Gasteiger partial charge in [-0.1, -0.05) is 6.07 Å². The molecule has 1 amide bonds. The van der Waals surface area contributed by atoms with Gasteiger partial charge >= 0.3 is 0 Å². The number of aliphatic hydroxyl groups is 1. The number of ether oxygens (including phenoxy) is 1. The zero-order valence-corrected chi connectivity index (χ0v) is 18.3. The molecule has 12 nitrogen and oxygen atoms in total. The smallest absolute Gasteiger partial charge is 0.273 e. The number of para-hydroxylation sites is 1. The van der Waals surface area contributed by atoms with E-state index >= 15 is 0 Å². The average molecular weight is 471 g/mol. The first-order valence-corrected chi connectivity index (χ1v) is 10.3. The van der Waals surface area contributed by atoms with E-state index in [1.807, 2.05) is 5.32 Å². The van der Waals surface area contributed by atoms with E-state index in [0.29, 0.717) is 32.7 Å². The lowest BCUT2D eigenvalue weighted by atomic mass is 10.1. The van der Waals surface area contributed by atoms with Gasteiger partial charge in [0.2, 0.25) is 0 Å². The summed E-state index contributed by atoms with van der Waals surface area (Å²) < 4.78 is 27.7. The number of carbonyl (C=O) groups is 1. The molecule has 3 aromatic heterocycles. The van der Waals surface area contributed by atoms with E-state index in [2.05, 4.69) is 36.0 Å². The van der Waals surface area contributed by atoms with E-state index in [9.17, 15) is 9.90 Å². The predicted molar refractivity (Wildman–Crippen MR) is 123 cm³/mol. The molecule has 33 heavy (non-hydrogen) atoms. The summed E-state index contributed by atoms with van der Waals surface area (Å²) in [5, 5.41) is 34.0. The van der Waals surface area contributed by atoms with Crippen molar-refractivity contribution in [2.45, 2.75) is 6.61 Å². The van der Waals surface area contributed by atoms with Gasteiger partial charge in [-0.15, -0.1) is 26.6 Å². The van der Waals surface area contributed by atoms with Crippen LogP contribution in [-0.2, 0) is 13.7 Å². The molecule has 4 aromatic rings. The Kier molecular flexibility index (Phi) is 5.36. The van der Waals surface area contributed by atoms with Crippen molar-refractivity contribution in [1.29, 1.82) is 0 Å². The van der Waals surface area contributed by atoms with Gasteiger partial charge in [0.25, 0.3) is 5.91 Å². The van der Waals surface area contributed by atoms with Crippen LogP contribution in [0, 0.1) is 0 Å². The minimum Gasteiger partial charge on any atom is -0.494 e. The maximum absolute atomic E-state index is 12.7. The first-order valence-electron chi connectivity index (χ1n) is 11.0. The predicted octanol–water partition coefficient (Wildman–Crippen LogP) is 2.08. The van der Waals surface area contributed by atoms with E-state index in [4.69, 9.17) is 8.85 Å². The summed E-state index contributed by atoms with van der Waals surface area (Å²) in [6.07, 6.45) is 3.05. The number of aliphatic hydroxyl groups excluding tert-OH is 1. The molecule has 0 saturated heterocycles. The molecule has 170 valence electrons. The zero-order chi connectivity index (χ0) is 25.9. The number of nitrogens with one attached hydrogen (secondary N) is 3. The number of benzene rings is 1. The number of thiazole rings is 1. The minimum atomic E-state index is -2.72. The highest BCUT2D eigenvalue weighted by atomic mass is 32.1. The van der Waals surface area contributed by atoms with Crippen LogP contribution in [0.3, 0.4) is 0 Å². The van der Waals surface area contributed by atoms with Crippen molar-refractivity contribution in [2.24, 2.45) is 7.05 Å². The fraction of sp³-hybridized carbons (Fsp3) is 0.200. The van der Waals surface area contributed by atoms with Crippen LogP contribution in [0.1, 0.15) is 19.5 Å². The number of anilines is 4. The van der Waals surface area contributed by atoms with Crippen molar-refractivity contribution < 1.29 is 18.8 Å². The lowest BCUT2D eigenvalue weighted by Crippen LogP contribution is -2.21. The molecule has 0 aliphatic carbocycles. The van der Waals surface area contributed by atoms with Crippen molar-refractivity contribution in [2.75, 3.05) is 24.7 Å². The highest BCUT2D eigenvalue weighted by Gasteiger charge is 2.19. The van der Waals surface area contributed by atoms with Crippen molar-refractivity contribution in [3.63, 3.8) is 0 Å². The van der Waals surface area contributed by atoms with Crippen LogP contribution in [0.5, 0.6) is 5.75 Å². The van der Waals surface area contributed by atoms with Crippen LogP contribution in [0.15, 0.2) is 36.7 Å². The lowest BCUT2D eigenvalue weighted by molar-refractivity contribution is 0.0958. The molecule has 0 spiro atoms. The normalized spacial score (nSPS) is 12.4. The summed E-state index contributed by atoms with van der Waals surface area (Å²) >= 11 is 1.31.